The molecule has 0 aliphatic heterocycles. The fraction of sp³-hybridized carbons (Fsp3) is 0.917. The maximum absolute atomic E-state index is 11.4. The van der Waals surface area contributed by atoms with E-state index in [4.69, 9.17) is 0 Å². The van der Waals surface area contributed by atoms with Crippen LogP contribution < -0.4 is 5.32 Å². The molecule has 2 nitrogen and oxygen atoms in total. The first-order chi connectivity index (χ1) is 7.24. The topological polar surface area (TPSA) is 29.1 Å². The molecule has 1 rings (SSSR count). The van der Waals surface area contributed by atoms with Crippen molar-refractivity contribution in [1.82, 2.24) is 5.32 Å². The van der Waals surface area contributed by atoms with Crippen LogP contribution in [0.3, 0.4) is 0 Å². The van der Waals surface area contributed by atoms with E-state index in [1.54, 1.807) is 0 Å². The van der Waals surface area contributed by atoms with Gasteiger partial charge in [0.2, 0.25) is 5.91 Å². The van der Waals surface area contributed by atoms with Crippen molar-refractivity contribution >= 4 is 21.8 Å². The second-order valence-electron chi connectivity index (χ2n) is 4.46. The molecular weight excluding hydrogens is 254 g/mol. The predicted molar refractivity (Wildman–Crippen MR) is 67.2 cm³/mol. The first-order valence-corrected chi connectivity index (χ1v) is 7.07. The van der Waals surface area contributed by atoms with Crippen molar-refractivity contribution in [3.05, 3.63) is 0 Å². The molecule has 1 atom stereocenters. The number of hydrogen-bond donors (Lipinski definition) is 1. The fourth-order valence-corrected chi connectivity index (χ4v) is 2.36. The highest BCUT2D eigenvalue weighted by Gasteiger charge is 2.15. The van der Waals surface area contributed by atoms with Crippen molar-refractivity contribution in [2.45, 2.75) is 56.7 Å². The maximum Gasteiger partial charge on any atom is 0.233 e. The molecular formula is C12H22BrNO. The van der Waals surface area contributed by atoms with Crippen LogP contribution in [0.4, 0.5) is 0 Å². The second-order valence-corrected chi connectivity index (χ2v) is 5.56. The first kappa shape index (κ1) is 13.0. The van der Waals surface area contributed by atoms with Gasteiger partial charge in [-0.25, -0.2) is 0 Å². The number of carbonyl (C=O) groups excluding carboxylic acids is 1. The third-order valence-corrected chi connectivity index (χ3v) is 4.27. The van der Waals surface area contributed by atoms with Crippen molar-refractivity contribution in [1.29, 1.82) is 0 Å². The summed E-state index contributed by atoms with van der Waals surface area (Å²) in [4.78, 5) is 11.4. The highest BCUT2D eigenvalue weighted by Crippen LogP contribution is 2.28. The normalized spacial score (nSPS) is 19.1. The van der Waals surface area contributed by atoms with Crippen LogP contribution in [0.25, 0.3) is 0 Å². The lowest BCUT2D eigenvalue weighted by molar-refractivity contribution is -0.120. The first-order valence-electron chi connectivity index (χ1n) is 6.15. The Hall–Kier alpha value is -0.0500. The molecule has 1 saturated carbocycles. The third kappa shape index (κ3) is 5.01. The van der Waals surface area contributed by atoms with E-state index in [1.165, 1.54) is 32.1 Å². The largest absolute Gasteiger partial charge is 0.355 e. The minimum Gasteiger partial charge on any atom is -0.355 e. The van der Waals surface area contributed by atoms with Gasteiger partial charge in [0.1, 0.15) is 0 Å². The Labute approximate surface area is 101 Å². The summed E-state index contributed by atoms with van der Waals surface area (Å²) in [6.07, 6.45) is 8.92. The fourth-order valence-electron chi connectivity index (χ4n) is 2.20. The molecule has 1 aliphatic rings. The van der Waals surface area contributed by atoms with Crippen LogP contribution in [-0.2, 0) is 4.79 Å². The molecule has 1 N–H and O–H groups in total. The lowest BCUT2D eigenvalue weighted by Gasteiger charge is -2.11. The van der Waals surface area contributed by atoms with Gasteiger partial charge in [0.15, 0.2) is 0 Å². The van der Waals surface area contributed by atoms with Crippen molar-refractivity contribution in [3.8, 4) is 0 Å². The Balaban J connectivity index is 1.98. The molecule has 0 bridgehead atoms. The summed E-state index contributed by atoms with van der Waals surface area (Å²) in [5.74, 6) is 1.08. The predicted octanol–water partition coefficient (Wildman–Crippen LogP) is 3.25. The van der Waals surface area contributed by atoms with Crippen LogP contribution in [0.1, 0.15) is 51.9 Å². The second kappa shape index (κ2) is 7.26. The van der Waals surface area contributed by atoms with E-state index in [0.29, 0.717) is 0 Å². The van der Waals surface area contributed by atoms with Crippen molar-refractivity contribution < 1.29 is 4.79 Å². The number of amides is 1. The summed E-state index contributed by atoms with van der Waals surface area (Å²) in [6, 6.07) is 0. The van der Waals surface area contributed by atoms with Crippen LogP contribution in [0, 0.1) is 5.92 Å². The lowest BCUT2D eigenvalue weighted by atomic mass is 10.0. The van der Waals surface area contributed by atoms with Gasteiger partial charge in [0.25, 0.3) is 0 Å². The van der Waals surface area contributed by atoms with Gasteiger partial charge in [-0.2, -0.15) is 0 Å². The monoisotopic (exact) mass is 275 g/mol. The van der Waals surface area contributed by atoms with E-state index in [9.17, 15) is 4.79 Å². The molecule has 0 spiro atoms. The van der Waals surface area contributed by atoms with Crippen LogP contribution >= 0.6 is 15.9 Å². The van der Waals surface area contributed by atoms with Crippen molar-refractivity contribution in [2.24, 2.45) is 5.92 Å². The van der Waals surface area contributed by atoms with Crippen LogP contribution in [-0.4, -0.2) is 17.3 Å². The van der Waals surface area contributed by atoms with Gasteiger partial charge in [0, 0.05) is 6.54 Å². The van der Waals surface area contributed by atoms with Gasteiger partial charge < -0.3 is 5.32 Å². The number of rotatable bonds is 6. The molecule has 3 heteroatoms. The van der Waals surface area contributed by atoms with Crippen LogP contribution in [0.2, 0.25) is 0 Å². The molecule has 1 fully saturated rings. The maximum atomic E-state index is 11.4. The number of carbonyl (C=O) groups is 1. The van der Waals surface area contributed by atoms with E-state index in [-0.39, 0.29) is 10.7 Å². The number of nitrogens with one attached hydrogen (secondary N) is 1. The smallest absolute Gasteiger partial charge is 0.233 e. The molecule has 1 amide bonds. The molecule has 0 aromatic carbocycles. The van der Waals surface area contributed by atoms with Crippen molar-refractivity contribution in [2.75, 3.05) is 6.54 Å². The standard InChI is InChI=1S/C12H22BrNO/c1-2-11(13)12(15)14-9-5-8-10-6-3-4-7-10/h10-11H,2-9H2,1H3,(H,14,15). The molecule has 1 unspecified atom stereocenters. The van der Waals surface area contributed by atoms with E-state index in [1.807, 2.05) is 6.92 Å². The van der Waals surface area contributed by atoms with Gasteiger partial charge in [-0.15, -0.1) is 0 Å². The Morgan fingerprint density at radius 3 is 2.73 bits per heavy atom. The molecule has 0 heterocycles. The van der Waals surface area contributed by atoms with E-state index >= 15 is 0 Å². The minimum absolute atomic E-state index is 0.0102. The third-order valence-electron chi connectivity index (χ3n) is 3.21. The van der Waals surface area contributed by atoms with E-state index < -0.39 is 0 Å². The summed E-state index contributed by atoms with van der Waals surface area (Å²) >= 11 is 3.35. The number of halogens is 1. The molecule has 0 aromatic heterocycles. The zero-order valence-electron chi connectivity index (χ0n) is 9.60. The summed E-state index contributed by atoms with van der Waals surface area (Å²) in [6.45, 7) is 2.86. The van der Waals surface area contributed by atoms with E-state index in [2.05, 4.69) is 21.2 Å². The summed E-state index contributed by atoms with van der Waals surface area (Å²) in [5.41, 5.74) is 0. The zero-order chi connectivity index (χ0) is 11.1. The van der Waals surface area contributed by atoms with E-state index in [0.717, 1.165) is 25.3 Å². The van der Waals surface area contributed by atoms with Gasteiger partial charge >= 0.3 is 0 Å². The van der Waals surface area contributed by atoms with Crippen LogP contribution in [0.15, 0.2) is 0 Å². The van der Waals surface area contributed by atoms with Gasteiger partial charge in [-0.3, -0.25) is 4.79 Å². The molecule has 0 radical (unpaired) electrons. The molecule has 1 aliphatic carbocycles. The highest BCUT2D eigenvalue weighted by atomic mass is 79.9. The number of alkyl halides is 1. The number of hydrogen-bond acceptors (Lipinski definition) is 1. The summed E-state index contributed by atoms with van der Waals surface area (Å²) in [7, 11) is 0. The van der Waals surface area contributed by atoms with Crippen molar-refractivity contribution in [3.63, 3.8) is 0 Å². The molecule has 0 aromatic rings. The Morgan fingerprint density at radius 2 is 2.13 bits per heavy atom. The van der Waals surface area contributed by atoms with Gasteiger partial charge in [-0.1, -0.05) is 48.5 Å². The zero-order valence-corrected chi connectivity index (χ0v) is 11.2. The minimum atomic E-state index is -0.0102. The average Bonchev–Trinajstić information content (AvgIpc) is 2.75. The summed E-state index contributed by atoms with van der Waals surface area (Å²) in [5, 5.41) is 2.97. The van der Waals surface area contributed by atoms with Gasteiger partial charge in [-0.05, 0) is 25.2 Å². The molecule has 15 heavy (non-hydrogen) atoms. The Bertz CT molecular complexity index is 190. The quantitative estimate of drug-likeness (QED) is 0.585. The highest BCUT2D eigenvalue weighted by molar-refractivity contribution is 9.10. The average molecular weight is 276 g/mol. The Kier molecular flexibility index (Phi) is 6.30. The molecule has 88 valence electrons. The SMILES string of the molecule is CCC(Br)C(=O)NCCCC1CCCC1. The lowest BCUT2D eigenvalue weighted by Crippen LogP contribution is -2.31. The summed E-state index contributed by atoms with van der Waals surface area (Å²) < 4.78 is 0. The van der Waals surface area contributed by atoms with Crippen LogP contribution in [0.5, 0.6) is 0 Å². The Morgan fingerprint density at radius 1 is 1.47 bits per heavy atom. The molecule has 0 saturated heterocycles. The van der Waals surface area contributed by atoms with Gasteiger partial charge in [0.05, 0.1) is 4.83 Å².